The van der Waals surface area contributed by atoms with Crippen LogP contribution < -0.4 is 0 Å². The van der Waals surface area contributed by atoms with E-state index >= 15 is 0 Å². The first-order valence-electron chi connectivity index (χ1n) is 7.39. The van der Waals surface area contributed by atoms with E-state index < -0.39 is 0 Å². The molecule has 112 valence electrons. The number of hydrogen-bond acceptors (Lipinski definition) is 3. The van der Waals surface area contributed by atoms with Crippen molar-refractivity contribution >= 4 is 28.5 Å². The standard InChI is InChI=1S/C18H18N2OS/c1-14-8-10-15(11-9-14)17(21)20-12-5-13-22-18(20)19-16-6-3-2-4-7-16/h2-4,6-11H,5,12-13H2,1H3. The number of amidine groups is 1. The highest BCUT2D eigenvalue weighted by Crippen LogP contribution is 2.23. The van der Waals surface area contributed by atoms with E-state index in [1.807, 2.05) is 61.5 Å². The topological polar surface area (TPSA) is 32.7 Å². The van der Waals surface area contributed by atoms with Gasteiger partial charge in [-0.25, -0.2) is 4.99 Å². The van der Waals surface area contributed by atoms with Crippen molar-refractivity contribution < 1.29 is 4.79 Å². The molecule has 1 heterocycles. The maximum absolute atomic E-state index is 12.7. The van der Waals surface area contributed by atoms with Crippen LogP contribution in [0.4, 0.5) is 5.69 Å². The number of para-hydroxylation sites is 1. The van der Waals surface area contributed by atoms with E-state index in [9.17, 15) is 4.79 Å². The van der Waals surface area contributed by atoms with Gasteiger partial charge in [0.1, 0.15) is 0 Å². The third-order valence-corrected chi connectivity index (χ3v) is 4.58. The monoisotopic (exact) mass is 310 g/mol. The zero-order valence-electron chi connectivity index (χ0n) is 12.5. The molecule has 1 aliphatic rings. The molecule has 3 nitrogen and oxygen atoms in total. The summed E-state index contributed by atoms with van der Waals surface area (Å²) < 4.78 is 0. The minimum Gasteiger partial charge on any atom is -0.287 e. The lowest BCUT2D eigenvalue weighted by Crippen LogP contribution is -2.39. The van der Waals surface area contributed by atoms with Gasteiger partial charge >= 0.3 is 0 Å². The van der Waals surface area contributed by atoms with Crippen LogP contribution in [-0.2, 0) is 0 Å². The molecule has 0 aliphatic carbocycles. The number of carbonyl (C=O) groups is 1. The zero-order chi connectivity index (χ0) is 15.4. The molecule has 0 radical (unpaired) electrons. The van der Waals surface area contributed by atoms with Crippen LogP contribution in [0.25, 0.3) is 0 Å². The Kier molecular flexibility index (Phi) is 4.59. The van der Waals surface area contributed by atoms with E-state index in [0.717, 1.165) is 35.1 Å². The van der Waals surface area contributed by atoms with Crippen molar-refractivity contribution in [3.63, 3.8) is 0 Å². The highest BCUT2D eigenvalue weighted by atomic mass is 32.2. The van der Waals surface area contributed by atoms with E-state index in [0.29, 0.717) is 5.56 Å². The first kappa shape index (κ1) is 14.9. The fourth-order valence-corrected chi connectivity index (χ4v) is 3.26. The Bertz CT molecular complexity index is 680. The van der Waals surface area contributed by atoms with E-state index in [-0.39, 0.29) is 5.91 Å². The lowest BCUT2D eigenvalue weighted by molar-refractivity contribution is 0.0849. The predicted octanol–water partition coefficient (Wildman–Crippen LogP) is 4.26. The van der Waals surface area contributed by atoms with Gasteiger partial charge in [0.15, 0.2) is 5.17 Å². The number of aliphatic imine (C=N–C) groups is 1. The molecule has 0 N–H and O–H groups in total. The summed E-state index contributed by atoms with van der Waals surface area (Å²) in [5.41, 5.74) is 2.75. The average molecular weight is 310 g/mol. The summed E-state index contributed by atoms with van der Waals surface area (Å²) in [5.74, 6) is 1.03. The van der Waals surface area contributed by atoms with Gasteiger partial charge in [-0.3, -0.25) is 9.69 Å². The van der Waals surface area contributed by atoms with Crippen LogP contribution in [0, 0.1) is 6.92 Å². The Balaban J connectivity index is 1.88. The van der Waals surface area contributed by atoms with Gasteiger partial charge in [-0.1, -0.05) is 47.7 Å². The van der Waals surface area contributed by atoms with Crippen molar-refractivity contribution in [2.75, 3.05) is 12.3 Å². The number of hydrogen-bond donors (Lipinski definition) is 0. The summed E-state index contributed by atoms with van der Waals surface area (Å²) in [6.07, 6.45) is 0.996. The molecule has 1 amide bonds. The van der Waals surface area contributed by atoms with Crippen LogP contribution >= 0.6 is 11.8 Å². The molecule has 4 heteroatoms. The maximum Gasteiger partial charge on any atom is 0.259 e. The van der Waals surface area contributed by atoms with Gasteiger partial charge in [-0.15, -0.1) is 0 Å². The fraction of sp³-hybridized carbons (Fsp3) is 0.222. The largest absolute Gasteiger partial charge is 0.287 e. The van der Waals surface area contributed by atoms with Crippen LogP contribution in [0.5, 0.6) is 0 Å². The zero-order valence-corrected chi connectivity index (χ0v) is 13.3. The van der Waals surface area contributed by atoms with E-state index in [2.05, 4.69) is 4.99 Å². The molecule has 2 aromatic rings. The number of benzene rings is 2. The minimum atomic E-state index is 0.0295. The molecule has 1 aliphatic heterocycles. The number of nitrogens with zero attached hydrogens (tertiary/aromatic N) is 2. The lowest BCUT2D eigenvalue weighted by Gasteiger charge is -2.27. The summed E-state index contributed by atoms with van der Waals surface area (Å²) in [5, 5.41) is 0.794. The van der Waals surface area contributed by atoms with Crippen LogP contribution in [0.2, 0.25) is 0 Å². The number of thioether (sulfide) groups is 1. The Morgan fingerprint density at radius 1 is 1.09 bits per heavy atom. The third-order valence-electron chi connectivity index (χ3n) is 3.51. The third kappa shape index (κ3) is 3.39. The maximum atomic E-state index is 12.7. The average Bonchev–Trinajstić information content (AvgIpc) is 2.56. The minimum absolute atomic E-state index is 0.0295. The molecule has 2 aromatic carbocycles. The Hall–Kier alpha value is -2.07. The SMILES string of the molecule is Cc1ccc(C(=O)N2CCCSC2=Nc2ccccc2)cc1. The Labute approximate surface area is 135 Å². The molecule has 0 spiro atoms. The molecule has 0 bridgehead atoms. The van der Waals surface area contributed by atoms with Gasteiger partial charge in [0.2, 0.25) is 0 Å². The van der Waals surface area contributed by atoms with Crippen LogP contribution in [0.3, 0.4) is 0 Å². The molecule has 22 heavy (non-hydrogen) atoms. The quantitative estimate of drug-likeness (QED) is 0.830. The normalized spacial score (nSPS) is 16.8. The fourth-order valence-electron chi connectivity index (χ4n) is 2.31. The second kappa shape index (κ2) is 6.79. The number of amides is 1. The molecular weight excluding hydrogens is 292 g/mol. The lowest BCUT2D eigenvalue weighted by atomic mass is 10.1. The van der Waals surface area contributed by atoms with Gasteiger partial charge in [0.25, 0.3) is 5.91 Å². The molecule has 3 rings (SSSR count). The Morgan fingerprint density at radius 3 is 2.55 bits per heavy atom. The van der Waals surface area contributed by atoms with Gasteiger partial charge < -0.3 is 0 Å². The molecule has 0 atom stereocenters. The second-order valence-electron chi connectivity index (χ2n) is 5.25. The van der Waals surface area contributed by atoms with Crippen molar-refractivity contribution in [1.29, 1.82) is 0 Å². The summed E-state index contributed by atoms with van der Waals surface area (Å²) >= 11 is 1.65. The number of carbonyl (C=O) groups excluding carboxylic acids is 1. The number of rotatable bonds is 2. The molecule has 1 fully saturated rings. The van der Waals surface area contributed by atoms with E-state index in [4.69, 9.17) is 0 Å². The van der Waals surface area contributed by atoms with Crippen LogP contribution in [0.1, 0.15) is 22.3 Å². The first-order chi connectivity index (χ1) is 10.7. The predicted molar refractivity (Wildman–Crippen MR) is 92.8 cm³/mol. The van der Waals surface area contributed by atoms with Crippen molar-refractivity contribution in [3.8, 4) is 0 Å². The summed E-state index contributed by atoms with van der Waals surface area (Å²) in [6, 6.07) is 17.5. The van der Waals surface area contributed by atoms with Crippen LogP contribution in [0.15, 0.2) is 59.6 Å². The smallest absolute Gasteiger partial charge is 0.259 e. The summed E-state index contributed by atoms with van der Waals surface area (Å²) in [6.45, 7) is 2.75. The summed E-state index contributed by atoms with van der Waals surface area (Å²) in [4.78, 5) is 19.2. The first-order valence-corrected chi connectivity index (χ1v) is 8.38. The van der Waals surface area contributed by atoms with Crippen LogP contribution in [-0.4, -0.2) is 28.3 Å². The summed E-state index contributed by atoms with van der Waals surface area (Å²) in [7, 11) is 0. The van der Waals surface area contributed by atoms with Crippen molar-refractivity contribution in [3.05, 3.63) is 65.7 Å². The Morgan fingerprint density at radius 2 is 1.82 bits per heavy atom. The highest BCUT2D eigenvalue weighted by molar-refractivity contribution is 8.13. The molecule has 0 aromatic heterocycles. The van der Waals surface area contributed by atoms with Gasteiger partial charge in [0.05, 0.1) is 5.69 Å². The second-order valence-corrected chi connectivity index (χ2v) is 6.32. The van der Waals surface area contributed by atoms with Gasteiger partial charge in [-0.05, 0) is 37.6 Å². The van der Waals surface area contributed by atoms with Crippen molar-refractivity contribution in [2.45, 2.75) is 13.3 Å². The van der Waals surface area contributed by atoms with Crippen molar-refractivity contribution in [2.24, 2.45) is 4.99 Å². The highest BCUT2D eigenvalue weighted by Gasteiger charge is 2.24. The molecule has 1 saturated heterocycles. The molecular formula is C18H18N2OS. The van der Waals surface area contributed by atoms with E-state index in [1.165, 1.54) is 0 Å². The molecule has 0 unspecified atom stereocenters. The number of aryl methyl sites for hydroxylation is 1. The van der Waals surface area contributed by atoms with Gasteiger partial charge in [-0.2, -0.15) is 0 Å². The van der Waals surface area contributed by atoms with Crippen molar-refractivity contribution in [1.82, 2.24) is 4.90 Å². The van der Waals surface area contributed by atoms with Gasteiger partial charge in [0, 0.05) is 17.9 Å². The molecule has 0 saturated carbocycles. The van der Waals surface area contributed by atoms with E-state index in [1.54, 1.807) is 16.7 Å².